The molecule has 0 amide bonds. The molecule has 0 saturated heterocycles. The van der Waals surface area contributed by atoms with Crippen LogP contribution in [0, 0.1) is 0 Å². The summed E-state index contributed by atoms with van der Waals surface area (Å²) in [5, 5.41) is 9.96. The Bertz CT molecular complexity index is 325. The molecule has 0 aliphatic heterocycles. The van der Waals surface area contributed by atoms with Crippen LogP contribution in [0.15, 0.2) is 12.3 Å². The van der Waals surface area contributed by atoms with Crippen molar-refractivity contribution in [1.82, 2.24) is 9.97 Å². The summed E-state index contributed by atoms with van der Waals surface area (Å²) >= 11 is 5.71. The average Bonchev–Trinajstić information content (AvgIpc) is 2.13. The van der Waals surface area contributed by atoms with E-state index in [1.54, 1.807) is 26.1 Å². The average molecular weight is 230 g/mol. The van der Waals surface area contributed by atoms with Crippen molar-refractivity contribution in [2.75, 3.05) is 18.0 Å². The Morgan fingerprint density at radius 1 is 1.53 bits per heavy atom. The first-order valence-corrected chi connectivity index (χ1v) is 5.26. The van der Waals surface area contributed by atoms with E-state index in [1.807, 2.05) is 11.8 Å². The van der Waals surface area contributed by atoms with Gasteiger partial charge in [-0.05, 0) is 38.4 Å². The second-order valence-electron chi connectivity index (χ2n) is 4.01. The van der Waals surface area contributed by atoms with E-state index in [0.29, 0.717) is 6.54 Å². The van der Waals surface area contributed by atoms with Gasteiger partial charge in [0.1, 0.15) is 5.82 Å². The van der Waals surface area contributed by atoms with Gasteiger partial charge in [0.15, 0.2) is 0 Å². The minimum atomic E-state index is -0.757. The molecule has 0 bridgehead atoms. The van der Waals surface area contributed by atoms with E-state index in [1.165, 1.54) is 0 Å². The molecule has 0 fully saturated rings. The van der Waals surface area contributed by atoms with Crippen molar-refractivity contribution >= 4 is 17.4 Å². The highest BCUT2D eigenvalue weighted by Gasteiger charge is 2.18. The number of hydrogen-bond acceptors (Lipinski definition) is 4. The van der Waals surface area contributed by atoms with Crippen molar-refractivity contribution in [2.24, 2.45) is 0 Å². The highest BCUT2D eigenvalue weighted by molar-refractivity contribution is 6.28. The maximum absolute atomic E-state index is 9.73. The topological polar surface area (TPSA) is 49.2 Å². The van der Waals surface area contributed by atoms with Crippen LogP contribution in [-0.2, 0) is 0 Å². The zero-order valence-corrected chi connectivity index (χ0v) is 9.99. The van der Waals surface area contributed by atoms with Gasteiger partial charge in [0.2, 0.25) is 5.28 Å². The fourth-order valence-electron chi connectivity index (χ4n) is 1.32. The van der Waals surface area contributed by atoms with Crippen molar-refractivity contribution in [3.63, 3.8) is 0 Å². The van der Waals surface area contributed by atoms with Gasteiger partial charge in [-0.25, -0.2) is 9.97 Å². The lowest BCUT2D eigenvalue weighted by Crippen LogP contribution is -2.39. The number of rotatable bonds is 4. The van der Waals surface area contributed by atoms with Gasteiger partial charge in [-0.15, -0.1) is 0 Å². The van der Waals surface area contributed by atoms with Gasteiger partial charge in [-0.1, -0.05) is 0 Å². The third kappa shape index (κ3) is 4.01. The van der Waals surface area contributed by atoms with Crippen molar-refractivity contribution < 1.29 is 5.11 Å². The summed E-state index contributed by atoms with van der Waals surface area (Å²) in [6.45, 7) is 6.80. The maximum Gasteiger partial charge on any atom is 0.224 e. The molecule has 1 aromatic rings. The highest BCUT2D eigenvalue weighted by atomic mass is 35.5. The largest absolute Gasteiger partial charge is 0.389 e. The van der Waals surface area contributed by atoms with E-state index in [9.17, 15) is 5.11 Å². The van der Waals surface area contributed by atoms with E-state index in [4.69, 9.17) is 11.6 Å². The number of aromatic nitrogens is 2. The van der Waals surface area contributed by atoms with Crippen LogP contribution in [0.1, 0.15) is 20.8 Å². The lowest BCUT2D eigenvalue weighted by Gasteiger charge is -2.28. The van der Waals surface area contributed by atoms with Gasteiger partial charge in [0.25, 0.3) is 0 Å². The first-order chi connectivity index (χ1) is 6.92. The number of likely N-dealkylation sites (N-methyl/N-ethyl adjacent to an activating group) is 1. The minimum Gasteiger partial charge on any atom is -0.389 e. The number of hydrogen-bond donors (Lipinski definition) is 1. The fourth-order valence-corrected chi connectivity index (χ4v) is 1.47. The van der Waals surface area contributed by atoms with Crippen LogP contribution >= 0.6 is 11.6 Å². The highest BCUT2D eigenvalue weighted by Crippen LogP contribution is 2.15. The van der Waals surface area contributed by atoms with Crippen molar-refractivity contribution in [3.05, 3.63) is 17.5 Å². The molecule has 0 radical (unpaired) electrons. The lowest BCUT2D eigenvalue weighted by molar-refractivity contribution is 0.0874. The second-order valence-corrected chi connectivity index (χ2v) is 4.35. The van der Waals surface area contributed by atoms with Gasteiger partial charge in [0.05, 0.1) is 5.60 Å². The van der Waals surface area contributed by atoms with Crippen LogP contribution in [0.3, 0.4) is 0 Å². The fraction of sp³-hybridized carbons (Fsp3) is 0.600. The molecule has 1 rings (SSSR count). The first-order valence-electron chi connectivity index (χ1n) is 4.88. The molecule has 0 spiro atoms. The van der Waals surface area contributed by atoms with Crippen LogP contribution in [0.2, 0.25) is 5.28 Å². The predicted octanol–water partition coefficient (Wildman–Crippen LogP) is 1.73. The van der Waals surface area contributed by atoms with Crippen LogP contribution in [0.5, 0.6) is 0 Å². The molecule has 84 valence electrons. The van der Waals surface area contributed by atoms with E-state index < -0.39 is 5.60 Å². The maximum atomic E-state index is 9.73. The quantitative estimate of drug-likeness (QED) is 0.799. The summed E-state index contributed by atoms with van der Waals surface area (Å²) < 4.78 is 0. The van der Waals surface area contributed by atoms with Gasteiger partial charge < -0.3 is 10.0 Å². The van der Waals surface area contributed by atoms with Crippen LogP contribution < -0.4 is 4.90 Å². The molecule has 0 atom stereocenters. The molecule has 1 aromatic heterocycles. The molecule has 1 N–H and O–H groups in total. The molecule has 1 heterocycles. The van der Waals surface area contributed by atoms with Crippen LogP contribution in [0.25, 0.3) is 0 Å². The van der Waals surface area contributed by atoms with Gasteiger partial charge in [-0.3, -0.25) is 0 Å². The van der Waals surface area contributed by atoms with E-state index in [2.05, 4.69) is 9.97 Å². The van der Waals surface area contributed by atoms with Crippen LogP contribution in [0.4, 0.5) is 5.82 Å². The monoisotopic (exact) mass is 229 g/mol. The Balaban J connectivity index is 2.83. The van der Waals surface area contributed by atoms with Crippen molar-refractivity contribution in [1.29, 1.82) is 0 Å². The van der Waals surface area contributed by atoms with Crippen molar-refractivity contribution in [3.8, 4) is 0 Å². The number of aliphatic hydroxyl groups is 1. The SMILES string of the molecule is CCN(CC(C)(C)O)c1ccnc(Cl)n1. The summed E-state index contributed by atoms with van der Waals surface area (Å²) in [6, 6.07) is 1.78. The standard InChI is InChI=1S/C10H16ClN3O/c1-4-14(7-10(2,3)15)8-5-6-12-9(11)13-8/h5-6,15H,4,7H2,1-3H3. The molecule has 15 heavy (non-hydrogen) atoms. The summed E-state index contributed by atoms with van der Waals surface area (Å²) in [6.07, 6.45) is 1.61. The molecule has 0 saturated carbocycles. The summed E-state index contributed by atoms with van der Waals surface area (Å²) in [5.74, 6) is 0.736. The van der Waals surface area contributed by atoms with E-state index >= 15 is 0 Å². The molecule has 0 aliphatic rings. The third-order valence-electron chi connectivity index (χ3n) is 1.89. The van der Waals surface area contributed by atoms with Gasteiger partial charge in [0, 0.05) is 19.3 Å². The molecular formula is C10H16ClN3O. The smallest absolute Gasteiger partial charge is 0.224 e. The normalized spacial score (nSPS) is 11.5. The van der Waals surface area contributed by atoms with Gasteiger partial charge >= 0.3 is 0 Å². The molecule has 0 aromatic carbocycles. The van der Waals surface area contributed by atoms with E-state index in [-0.39, 0.29) is 5.28 Å². The Morgan fingerprint density at radius 3 is 2.67 bits per heavy atom. The minimum absolute atomic E-state index is 0.224. The zero-order chi connectivity index (χ0) is 11.5. The summed E-state index contributed by atoms with van der Waals surface area (Å²) in [4.78, 5) is 9.87. The van der Waals surface area contributed by atoms with Crippen molar-refractivity contribution in [2.45, 2.75) is 26.4 Å². The Labute approximate surface area is 94.9 Å². The third-order valence-corrected chi connectivity index (χ3v) is 2.08. The second kappa shape index (κ2) is 4.77. The first kappa shape index (κ1) is 12.2. The van der Waals surface area contributed by atoms with Gasteiger partial charge in [-0.2, -0.15) is 0 Å². The molecular weight excluding hydrogens is 214 g/mol. The Morgan fingerprint density at radius 2 is 2.20 bits per heavy atom. The summed E-state index contributed by atoms with van der Waals surface area (Å²) in [5.41, 5.74) is -0.757. The van der Waals surface area contributed by atoms with E-state index in [0.717, 1.165) is 12.4 Å². The number of anilines is 1. The predicted molar refractivity (Wildman–Crippen MR) is 61.2 cm³/mol. The number of nitrogens with zero attached hydrogens (tertiary/aromatic N) is 3. The number of halogens is 1. The molecule has 5 heteroatoms. The molecule has 0 aliphatic carbocycles. The van der Waals surface area contributed by atoms with Crippen LogP contribution in [-0.4, -0.2) is 33.8 Å². The molecule has 4 nitrogen and oxygen atoms in total. The Hall–Kier alpha value is -0.870. The summed E-state index contributed by atoms with van der Waals surface area (Å²) in [7, 11) is 0. The molecule has 0 unspecified atom stereocenters. The lowest BCUT2D eigenvalue weighted by atomic mass is 10.1. The Kier molecular flexibility index (Phi) is 3.88. The zero-order valence-electron chi connectivity index (χ0n) is 9.24.